The molecule has 6 heteroatoms. The molecule has 1 rings (SSSR count). The molecule has 23 heavy (non-hydrogen) atoms. The van der Waals surface area contributed by atoms with Gasteiger partial charge in [0.15, 0.2) is 0 Å². The number of carbonyl (C=O) groups excluding carboxylic acids is 2. The lowest BCUT2D eigenvalue weighted by Gasteiger charge is -2.30. The third-order valence-corrected chi connectivity index (χ3v) is 3.68. The van der Waals surface area contributed by atoms with Crippen molar-refractivity contribution in [2.24, 2.45) is 0 Å². The Balaban J connectivity index is 2.16. The van der Waals surface area contributed by atoms with Crippen LogP contribution in [0.25, 0.3) is 0 Å². The Kier molecular flexibility index (Phi) is 7.82. The quantitative estimate of drug-likeness (QED) is 0.699. The van der Waals surface area contributed by atoms with Crippen molar-refractivity contribution < 1.29 is 14.3 Å². The van der Waals surface area contributed by atoms with E-state index in [1.165, 1.54) is 0 Å². The first kappa shape index (κ1) is 19.7. The average molecular weight is 327 g/mol. The van der Waals surface area contributed by atoms with Crippen LogP contribution in [0.1, 0.15) is 66.7 Å². The summed E-state index contributed by atoms with van der Waals surface area (Å²) in [4.78, 5) is 23.3. The molecule has 0 spiro atoms. The number of rotatable bonds is 6. The maximum atomic E-state index is 11.8. The summed E-state index contributed by atoms with van der Waals surface area (Å²) < 4.78 is 5.28. The molecule has 1 aliphatic carbocycles. The van der Waals surface area contributed by atoms with E-state index in [1.807, 2.05) is 34.6 Å². The number of amides is 2. The third kappa shape index (κ3) is 9.43. The van der Waals surface area contributed by atoms with Gasteiger partial charge in [-0.3, -0.25) is 4.79 Å². The highest BCUT2D eigenvalue weighted by molar-refractivity contribution is 5.76. The number of alkyl carbamates (subject to hydrolysis) is 1. The lowest BCUT2D eigenvalue weighted by molar-refractivity contribution is -0.121. The largest absolute Gasteiger partial charge is 0.444 e. The second-order valence-corrected chi connectivity index (χ2v) is 7.62. The molecule has 0 aromatic heterocycles. The van der Waals surface area contributed by atoms with Gasteiger partial charge in [0.25, 0.3) is 0 Å². The first-order valence-electron chi connectivity index (χ1n) is 8.68. The van der Waals surface area contributed by atoms with Crippen LogP contribution < -0.4 is 16.0 Å². The maximum Gasteiger partial charge on any atom is 0.407 e. The number of carbonyl (C=O) groups is 2. The van der Waals surface area contributed by atoms with Crippen molar-refractivity contribution in [3.8, 4) is 0 Å². The van der Waals surface area contributed by atoms with Crippen LogP contribution in [0.3, 0.4) is 0 Å². The van der Waals surface area contributed by atoms with Gasteiger partial charge in [0.2, 0.25) is 5.91 Å². The molecule has 0 unspecified atom stereocenters. The van der Waals surface area contributed by atoms with Gasteiger partial charge in [-0.15, -0.1) is 0 Å². The lowest BCUT2D eigenvalue weighted by atomic mass is 9.91. The third-order valence-electron chi connectivity index (χ3n) is 3.68. The van der Waals surface area contributed by atoms with Crippen molar-refractivity contribution in [1.29, 1.82) is 0 Å². The number of hydrogen-bond acceptors (Lipinski definition) is 4. The van der Waals surface area contributed by atoms with Crippen LogP contribution >= 0.6 is 0 Å². The Labute approximate surface area is 140 Å². The molecule has 0 saturated heterocycles. The first-order valence-corrected chi connectivity index (χ1v) is 8.68. The normalized spacial score (nSPS) is 21.8. The van der Waals surface area contributed by atoms with Gasteiger partial charge in [0, 0.05) is 31.1 Å². The number of ether oxygens (including phenoxy) is 1. The molecular weight excluding hydrogens is 294 g/mol. The van der Waals surface area contributed by atoms with Gasteiger partial charge in [-0.2, -0.15) is 0 Å². The van der Waals surface area contributed by atoms with Crippen molar-refractivity contribution in [3.05, 3.63) is 0 Å². The maximum absolute atomic E-state index is 11.8. The van der Waals surface area contributed by atoms with E-state index < -0.39 is 5.60 Å². The molecule has 2 amide bonds. The lowest BCUT2D eigenvalue weighted by Crippen LogP contribution is -2.44. The van der Waals surface area contributed by atoms with Crippen molar-refractivity contribution in [1.82, 2.24) is 16.0 Å². The van der Waals surface area contributed by atoms with Crippen molar-refractivity contribution >= 4 is 12.0 Å². The van der Waals surface area contributed by atoms with Crippen LogP contribution in [0.2, 0.25) is 0 Å². The van der Waals surface area contributed by atoms with Crippen molar-refractivity contribution in [2.45, 2.75) is 90.4 Å². The van der Waals surface area contributed by atoms with Crippen LogP contribution in [0.15, 0.2) is 0 Å². The Hall–Kier alpha value is -1.30. The van der Waals surface area contributed by atoms with Gasteiger partial charge in [0.05, 0.1) is 0 Å². The molecular formula is C17H33N3O3. The Morgan fingerprint density at radius 2 is 1.65 bits per heavy atom. The monoisotopic (exact) mass is 327 g/mol. The molecule has 0 aromatic carbocycles. The minimum Gasteiger partial charge on any atom is -0.444 e. The van der Waals surface area contributed by atoms with Crippen LogP contribution in [0, 0.1) is 0 Å². The Morgan fingerprint density at radius 3 is 2.17 bits per heavy atom. The topological polar surface area (TPSA) is 79.5 Å². The first-order chi connectivity index (χ1) is 10.7. The zero-order valence-electron chi connectivity index (χ0n) is 15.2. The average Bonchev–Trinajstić information content (AvgIpc) is 2.37. The van der Waals surface area contributed by atoms with Crippen LogP contribution in [-0.2, 0) is 9.53 Å². The minimum absolute atomic E-state index is 0.0905. The summed E-state index contributed by atoms with van der Waals surface area (Å²) in [7, 11) is 0. The van der Waals surface area contributed by atoms with E-state index in [0.717, 1.165) is 25.7 Å². The molecule has 3 N–H and O–H groups in total. The van der Waals surface area contributed by atoms with Crippen molar-refractivity contribution in [2.75, 3.05) is 6.54 Å². The summed E-state index contributed by atoms with van der Waals surface area (Å²) in [5.41, 5.74) is -0.459. The van der Waals surface area contributed by atoms with Crippen LogP contribution in [0.5, 0.6) is 0 Å². The SMILES string of the molecule is CC(C)NC(=O)CCNC1CCC(NC(=O)OC(C)(C)C)CC1. The smallest absolute Gasteiger partial charge is 0.407 e. The van der Waals surface area contributed by atoms with E-state index in [2.05, 4.69) is 16.0 Å². The van der Waals surface area contributed by atoms with Gasteiger partial charge < -0.3 is 20.7 Å². The van der Waals surface area contributed by atoms with E-state index in [1.54, 1.807) is 0 Å². The predicted molar refractivity (Wildman–Crippen MR) is 91.3 cm³/mol. The highest BCUT2D eigenvalue weighted by atomic mass is 16.6. The zero-order valence-corrected chi connectivity index (χ0v) is 15.2. The molecule has 0 aliphatic heterocycles. The van der Waals surface area contributed by atoms with Crippen LogP contribution in [0.4, 0.5) is 4.79 Å². The van der Waals surface area contributed by atoms with Gasteiger partial charge in [-0.05, 0) is 60.3 Å². The summed E-state index contributed by atoms with van der Waals surface area (Å²) in [6, 6.07) is 0.808. The zero-order chi connectivity index (χ0) is 17.5. The van der Waals surface area contributed by atoms with E-state index in [4.69, 9.17) is 4.74 Å². The summed E-state index contributed by atoms with van der Waals surface area (Å²) in [6.45, 7) is 10.2. The molecule has 1 fully saturated rings. The predicted octanol–water partition coefficient (Wildman–Crippen LogP) is 2.33. The minimum atomic E-state index is -0.459. The van der Waals surface area contributed by atoms with E-state index in [9.17, 15) is 9.59 Å². The summed E-state index contributed by atoms with van der Waals surface area (Å²) in [6.07, 6.45) is 4.07. The molecule has 0 atom stereocenters. The second-order valence-electron chi connectivity index (χ2n) is 7.62. The molecule has 0 heterocycles. The fourth-order valence-electron chi connectivity index (χ4n) is 2.70. The molecule has 1 saturated carbocycles. The number of hydrogen-bond donors (Lipinski definition) is 3. The highest BCUT2D eigenvalue weighted by Gasteiger charge is 2.24. The summed E-state index contributed by atoms with van der Waals surface area (Å²) >= 11 is 0. The van der Waals surface area contributed by atoms with Gasteiger partial charge in [0.1, 0.15) is 5.60 Å². The van der Waals surface area contributed by atoms with Crippen molar-refractivity contribution in [3.63, 3.8) is 0 Å². The standard InChI is InChI=1S/C17H33N3O3/c1-12(2)19-15(21)10-11-18-13-6-8-14(9-7-13)20-16(22)23-17(3,4)5/h12-14,18H,6-11H2,1-5H3,(H,19,21)(H,20,22). The van der Waals surface area contributed by atoms with Gasteiger partial charge in [-0.1, -0.05) is 0 Å². The number of nitrogens with one attached hydrogen (secondary N) is 3. The van der Waals surface area contributed by atoms with Gasteiger partial charge in [-0.25, -0.2) is 4.79 Å². The second kappa shape index (κ2) is 9.11. The summed E-state index contributed by atoms with van der Waals surface area (Å²) in [5, 5.41) is 9.26. The molecule has 0 bridgehead atoms. The van der Waals surface area contributed by atoms with E-state index >= 15 is 0 Å². The molecule has 0 radical (unpaired) electrons. The fourth-order valence-corrected chi connectivity index (χ4v) is 2.70. The molecule has 0 aromatic rings. The highest BCUT2D eigenvalue weighted by Crippen LogP contribution is 2.19. The molecule has 6 nitrogen and oxygen atoms in total. The van der Waals surface area contributed by atoms with E-state index in [-0.39, 0.29) is 24.1 Å². The molecule has 134 valence electrons. The Bertz CT molecular complexity index is 383. The van der Waals surface area contributed by atoms with Gasteiger partial charge >= 0.3 is 6.09 Å². The van der Waals surface area contributed by atoms with E-state index in [0.29, 0.717) is 19.0 Å². The summed E-state index contributed by atoms with van der Waals surface area (Å²) in [5.74, 6) is 0.0905. The Morgan fingerprint density at radius 1 is 1.09 bits per heavy atom. The molecule has 1 aliphatic rings. The van der Waals surface area contributed by atoms with Crippen LogP contribution in [-0.4, -0.2) is 42.3 Å². The fraction of sp³-hybridized carbons (Fsp3) is 0.882.